The van der Waals surface area contributed by atoms with Gasteiger partial charge in [0.2, 0.25) is 11.1 Å². The van der Waals surface area contributed by atoms with Crippen molar-refractivity contribution in [2.45, 2.75) is 6.92 Å². The standard InChI is InChI=1S/C10H6N2O3/c1-5-2-3-6-7(4-5)15-10(14)8(12-11)9(6)13/h2-4H,1H3/p+1. The number of nitrogens with zero attached hydrogens (tertiary/aromatic N) is 2. The Morgan fingerprint density at radius 3 is 2.87 bits per heavy atom. The number of benzene rings is 1. The monoisotopic (exact) mass is 203 g/mol. The number of diazo groups is 1. The van der Waals surface area contributed by atoms with Gasteiger partial charge in [-0.1, -0.05) is 6.07 Å². The summed E-state index contributed by atoms with van der Waals surface area (Å²) in [6, 6.07) is 4.97. The Balaban J connectivity index is 2.99. The van der Waals surface area contributed by atoms with Crippen LogP contribution in [-0.2, 0) is 0 Å². The number of rotatable bonds is 0. The predicted molar refractivity (Wildman–Crippen MR) is 53.6 cm³/mol. The van der Waals surface area contributed by atoms with E-state index in [0.29, 0.717) is 5.39 Å². The molecule has 0 aliphatic rings. The van der Waals surface area contributed by atoms with Gasteiger partial charge in [-0.05, 0) is 24.6 Å². The van der Waals surface area contributed by atoms with Crippen LogP contribution in [0.25, 0.3) is 15.9 Å². The largest absolute Gasteiger partial charge is 0.510 e. The van der Waals surface area contributed by atoms with Gasteiger partial charge in [0.25, 0.3) is 0 Å². The molecule has 15 heavy (non-hydrogen) atoms. The number of hydrogen-bond acceptors (Lipinski definition) is 4. The molecule has 1 aromatic heterocycles. The molecule has 1 aromatic carbocycles. The highest BCUT2D eigenvalue weighted by molar-refractivity contribution is 5.88. The highest BCUT2D eigenvalue weighted by atomic mass is 16.4. The molecule has 0 aliphatic carbocycles. The molecule has 0 unspecified atom stereocenters. The lowest BCUT2D eigenvalue weighted by molar-refractivity contribution is 0.473. The Morgan fingerprint density at radius 2 is 2.20 bits per heavy atom. The SMILES string of the molecule is Cc1ccc2c(O)c([N+]#N)c(=O)oc2c1. The highest BCUT2D eigenvalue weighted by Crippen LogP contribution is 2.31. The van der Waals surface area contributed by atoms with Crippen LogP contribution < -0.4 is 5.63 Å². The average Bonchev–Trinajstić information content (AvgIpc) is 2.17. The zero-order valence-corrected chi connectivity index (χ0v) is 7.89. The highest BCUT2D eigenvalue weighted by Gasteiger charge is 2.24. The van der Waals surface area contributed by atoms with E-state index in [2.05, 4.69) is 4.98 Å². The molecular formula is C10H7N2O3+. The molecule has 1 N–H and O–H groups in total. The first-order chi connectivity index (χ1) is 7.13. The Morgan fingerprint density at radius 1 is 1.47 bits per heavy atom. The Labute approximate surface area is 84.2 Å². The fraction of sp³-hybridized carbons (Fsp3) is 0.100. The fourth-order valence-electron chi connectivity index (χ4n) is 1.37. The van der Waals surface area contributed by atoms with E-state index in [1.165, 1.54) is 0 Å². The minimum atomic E-state index is -0.867. The molecule has 0 saturated carbocycles. The van der Waals surface area contributed by atoms with Crippen molar-refractivity contribution in [1.29, 1.82) is 5.39 Å². The van der Waals surface area contributed by atoms with Gasteiger partial charge in [-0.25, -0.2) is 4.79 Å². The molecule has 2 aromatic rings. The molecule has 5 nitrogen and oxygen atoms in total. The minimum absolute atomic E-state index is 0.268. The normalized spacial score (nSPS) is 10.1. The molecule has 0 saturated heterocycles. The summed E-state index contributed by atoms with van der Waals surface area (Å²) >= 11 is 0. The topological polar surface area (TPSA) is 78.6 Å². The summed E-state index contributed by atoms with van der Waals surface area (Å²) in [5.74, 6) is -0.372. The number of fused-ring (bicyclic) bond motifs is 1. The zero-order valence-electron chi connectivity index (χ0n) is 7.89. The molecule has 0 amide bonds. The molecular weight excluding hydrogens is 196 g/mol. The number of aromatic hydroxyl groups is 1. The summed E-state index contributed by atoms with van der Waals surface area (Å²) in [6.07, 6.45) is 0. The van der Waals surface area contributed by atoms with Crippen molar-refractivity contribution in [2.75, 3.05) is 0 Å². The second kappa shape index (κ2) is 3.10. The van der Waals surface area contributed by atoms with Crippen LogP contribution in [0, 0.1) is 12.3 Å². The summed E-state index contributed by atoms with van der Waals surface area (Å²) in [6.45, 7) is 1.83. The Kier molecular flexibility index (Phi) is 1.90. The van der Waals surface area contributed by atoms with Gasteiger partial charge in [-0.2, -0.15) is 0 Å². The van der Waals surface area contributed by atoms with Gasteiger partial charge in [0.1, 0.15) is 5.58 Å². The van der Waals surface area contributed by atoms with Gasteiger partial charge < -0.3 is 9.52 Å². The average molecular weight is 203 g/mol. The predicted octanol–water partition coefficient (Wildman–Crippen LogP) is 2.29. The molecule has 0 aliphatic heterocycles. The maximum atomic E-state index is 11.2. The molecule has 74 valence electrons. The van der Waals surface area contributed by atoms with Gasteiger partial charge >= 0.3 is 11.3 Å². The van der Waals surface area contributed by atoms with Crippen LogP contribution in [0.4, 0.5) is 5.69 Å². The lowest BCUT2D eigenvalue weighted by Crippen LogP contribution is -1.97. The van der Waals surface area contributed by atoms with Crippen molar-refractivity contribution in [3.63, 3.8) is 0 Å². The van der Waals surface area contributed by atoms with E-state index in [0.717, 1.165) is 5.56 Å². The lowest BCUT2D eigenvalue weighted by atomic mass is 10.1. The van der Waals surface area contributed by atoms with E-state index < -0.39 is 11.3 Å². The fourth-order valence-corrected chi connectivity index (χ4v) is 1.37. The Bertz CT molecular complexity index is 637. The van der Waals surface area contributed by atoms with Gasteiger partial charge in [0.05, 0.1) is 5.39 Å². The molecule has 0 atom stereocenters. The van der Waals surface area contributed by atoms with Crippen molar-refractivity contribution in [2.24, 2.45) is 0 Å². The summed E-state index contributed by atoms with van der Waals surface area (Å²) < 4.78 is 4.88. The van der Waals surface area contributed by atoms with E-state index in [9.17, 15) is 9.90 Å². The number of aryl methyl sites for hydroxylation is 1. The molecule has 2 rings (SSSR count). The smallest absolute Gasteiger partial charge is 0.501 e. The maximum absolute atomic E-state index is 11.2. The first-order valence-corrected chi connectivity index (χ1v) is 4.25. The molecule has 1 heterocycles. The lowest BCUT2D eigenvalue weighted by Gasteiger charge is -1.97. The second-order valence-corrected chi connectivity index (χ2v) is 3.19. The van der Waals surface area contributed by atoms with Gasteiger partial charge in [-0.3, -0.25) is 0 Å². The molecule has 0 spiro atoms. The van der Waals surface area contributed by atoms with Crippen LogP contribution >= 0.6 is 0 Å². The van der Waals surface area contributed by atoms with Crippen LogP contribution in [0.2, 0.25) is 0 Å². The number of hydrogen-bond donors (Lipinski definition) is 1. The summed E-state index contributed by atoms with van der Waals surface area (Å²) in [5.41, 5.74) is -0.178. The molecule has 0 bridgehead atoms. The molecule has 0 fully saturated rings. The van der Waals surface area contributed by atoms with Crippen molar-refractivity contribution < 1.29 is 9.52 Å². The van der Waals surface area contributed by atoms with E-state index in [4.69, 9.17) is 9.81 Å². The van der Waals surface area contributed by atoms with Crippen molar-refractivity contribution >= 4 is 16.7 Å². The minimum Gasteiger partial charge on any atom is -0.501 e. The van der Waals surface area contributed by atoms with Crippen molar-refractivity contribution in [3.05, 3.63) is 39.2 Å². The van der Waals surface area contributed by atoms with Crippen LogP contribution in [-0.4, -0.2) is 5.11 Å². The van der Waals surface area contributed by atoms with Crippen molar-refractivity contribution in [3.8, 4) is 5.75 Å². The quantitative estimate of drug-likeness (QED) is 0.526. The van der Waals surface area contributed by atoms with Crippen molar-refractivity contribution in [1.82, 2.24) is 0 Å². The summed E-state index contributed by atoms with van der Waals surface area (Å²) in [5, 5.41) is 18.5. The second-order valence-electron chi connectivity index (χ2n) is 3.19. The van der Waals surface area contributed by atoms with Crippen LogP contribution in [0.1, 0.15) is 5.56 Å². The van der Waals surface area contributed by atoms with Gasteiger partial charge in [-0.15, -0.1) is 0 Å². The zero-order chi connectivity index (χ0) is 11.0. The first-order valence-electron chi connectivity index (χ1n) is 4.25. The van der Waals surface area contributed by atoms with E-state index in [-0.39, 0.29) is 11.3 Å². The maximum Gasteiger partial charge on any atom is 0.510 e. The first kappa shape index (κ1) is 9.21. The molecule has 0 radical (unpaired) electrons. The van der Waals surface area contributed by atoms with Gasteiger partial charge in [0.15, 0.2) is 4.98 Å². The third-order valence-corrected chi connectivity index (χ3v) is 2.11. The van der Waals surface area contributed by atoms with Gasteiger partial charge in [0, 0.05) is 0 Å². The molecule has 5 heteroatoms. The Hall–Kier alpha value is -2.35. The third-order valence-electron chi connectivity index (χ3n) is 2.11. The van der Waals surface area contributed by atoms with E-state index >= 15 is 0 Å². The van der Waals surface area contributed by atoms with Crippen LogP contribution in [0.5, 0.6) is 5.75 Å². The summed E-state index contributed by atoms with van der Waals surface area (Å²) in [4.78, 5) is 13.9. The van der Waals surface area contributed by atoms with E-state index in [1.54, 1.807) is 18.2 Å². The summed E-state index contributed by atoms with van der Waals surface area (Å²) in [7, 11) is 0. The van der Waals surface area contributed by atoms with Crippen LogP contribution in [0.3, 0.4) is 0 Å². The van der Waals surface area contributed by atoms with Crippen LogP contribution in [0.15, 0.2) is 27.4 Å². The third kappa shape index (κ3) is 1.32. The van der Waals surface area contributed by atoms with E-state index in [1.807, 2.05) is 6.92 Å².